The van der Waals surface area contributed by atoms with E-state index in [0.717, 1.165) is 19.6 Å². The molecule has 1 aromatic heterocycles. The van der Waals surface area contributed by atoms with E-state index in [4.69, 9.17) is 0 Å². The molecule has 26 heavy (non-hydrogen) atoms. The molecule has 142 valence electrons. The van der Waals surface area contributed by atoms with Crippen molar-refractivity contribution in [2.24, 2.45) is 0 Å². The minimum absolute atomic E-state index is 0.716. The summed E-state index contributed by atoms with van der Waals surface area (Å²) in [6, 6.07) is 16.1. The van der Waals surface area contributed by atoms with Gasteiger partial charge in [-0.15, -0.1) is 11.3 Å². The lowest BCUT2D eigenvalue weighted by molar-refractivity contribution is 0.0969. The predicted octanol–water partition coefficient (Wildman–Crippen LogP) is 3.82. The van der Waals surface area contributed by atoms with E-state index in [1.165, 1.54) is 49.3 Å². The molecule has 0 spiro atoms. The Labute approximate surface area is 163 Å². The highest BCUT2D eigenvalue weighted by Gasteiger charge is 2.24. The molecule has 1 aromatic carbocycles. The lowest BCUT2D eigenvalue weighted by Gasteiger charge is -2.39. The van der Waals surface area contributed by atoms with Crippen LogP contribution in [0, 0.1) is 0 Å². The number of hydrogen-bond acceptors (Lipinski definition) is 4. The third-order valence-corrected chi connectivity index (χ3v) is 6.33. The van der Waals surface area contributed by atoms with Crippen LogP contribution in [0.2, 0.25) is 0 Å². The van der Waals surface area contributed by atoms with Crippen LogP contribution in [0.4, 0.5) is 0 Å². The van der Waals surface area contributed by atoms with Gasteiger partial charge in [-0.25, -0.2) is 0 Å². The number of likely N-dealkylation sites (N-methyl/N-ethyl adjacent to an activating group) is 1. The molecular formula is C22H33N3S. The average molecular weight is 372 g/mol. The number of nitrogens with zero attached hydrogens (tertiary/aromatic N) is 3. The van der Waals surface area contributed by atoms with E-state index in [1.54, 1.807) is 0 Å². The summed E-state index contributed by atoms with van der Waals surface area (Å²) in [6.07, 6.45) is 3.80. The summed E-state index contributed by atoms with van der Waals surface area (Å²) in [6.45, 7) is 7.05. The van der Waals surface area contributed by atoms with Gasteiger partial charge in [0.05, 0.1) is 0 Å². The van der Waals surface area contributed by atoms with Crippen molar-refractivity contribution in [3.63, 3.8) is 0 Å². The molecule has 0 bridgehead atoms. The van der Waals surface area contributed by atoms with Gasteiger partial charge in [-0.05, 0) is 63.5 Å². The topological polar surface area (TPSA) is 9.72 Å². The quantitative estimate of drug-likeness (QED) is 0.663. The summed E-state index contributed by atoms with van der Waals surface area (Å²) in [4.78, 5) is 9.19. The molecule has 0 radical (unpaired) electrons. The average Bonchev–Trinajstić information content (AvgIpc) is 3.18. The Morgan fingerprint density at radius 3 is 2.42 bits per heavy atom. The van der Waals surface area contributed by atoms with Gasteiger partial charge in [0.15, 0.2) is 0 Å². The maximum atomic E-state index is 2.71. The molecule has 0 aliphatic carbocycles. The Morgan fingerprint density at radius 2 is 1.77 bits per heavy atom. The molecule has 1 aliphatic rings. The van der Waals surface area contributed by atoms with Crippen LogP contribution in [0.5, 0.6) is 0 Å². The third kappa shape index (κ3) is 6.20. The number of hydrogen-bond donors (Lipinski definition) is 0. The van der Waals surface area contributed by atoms with Crippen molar-refractivity contribution < 1.29 is 0 Å². The fourth-order valence-corrected chi connectivity index (χ4v) is 4.47. The number of piperidine rings is 1. The number of rotatable bonds is 9. The highest BCUT2D eigenvalue weighted by molar-refractivity contribution is 7.09. The fourth-order valence-electron chi connectivity index (χ4n) is 3.77. The lowest BCUT2D eigenvalue weighted by Crippen LogP contribution is -2.46. The summed E-state index contributed by atoms with van der Waals surface area (Å²) in [5, 5.41) is 2.19. The zero-order valence-corrected chi connectivity index (χ0v) is 17.1. The summed E-state index contributed by atoms with van der Waals surface area (Å²) < 4.78 is 0. The Hall–Kier alpha value is -1.20. The molecule has 1 fully saturated rings. The Kier molecular flexibility index (Phi) is 7.69. The van der Waals surface area contributed by atoms with Crippen LogP contribution in [0.3, 0.4) is 0 Å². The zero-order chi connectivity index (χ0) is 18.2. The number of thiophene rings is 1. The first-order valence-electron chi connectivity index (χ1n) is 9.88. The first-order valence-corrected chi connectivity index (χ1v) is 10.8. The molecule has 3 rings (SSSR count). The predicted molar refractivity (Wildman–Crippen MR) is 113 cm³/mol. The molecular weight excluding hydrogens is 338 g/mol. The normalized spacial score (nSPS) is 16.6. The minimum atomic E-state index is 0.716. The Morgan fingerprint density at radius 1 is 1.00 bits per heavy atom. The van der Waals surface area contributed by atoms with Gasteiger partial charge in [0.2, 0.25) is 0 Å². The van der Waals surface area contributed by atoms with Gasteiger partial charge in [-0.3, -0.25) is 4.90 Å². The van der Waals surface area contributed by atoms with Gasteiger partial charge in [-0.2, -0.15) is 0 Å². The van der Waals surface area contributed by atoms with Gasteiger partial charge < -0.3 is 9.80 Å². The molecule has 4 heteroatoms. The Balaban J connectivity index is 1.50. The maximum absolute atomic E-state index is 2.71. The van der Waals surface area contributed by atoms with Crippen molar-refractivity contribution in [2.75, 3.05) is 46.8 Å². The number of likely N-dealkylation sites (tertiary alicyclic amines) is 1. The SMILES string of the molecule is CN(C)CCN(Cc1ccccc1)C1CCN(CCc2cccs2)CC1. The molecule has 0 unspecified atom stereocenters. The number of benzene rings is 1. The van der Waals surface area contributed by atoms with Crippen LogP contribution in [0.1, 0.15) is 23.3 Å². The monoisotopic (exact) mass is 371 g/mol. The van der Waals surface area contributed by atoms with E-state index >= 15 is 0 Å². The molecule has 0 N–H and O–H groups in total. The van der Waals surface area contributed by atoms with Gasteiger partial charge >= 0.3 is 0 Å². The van der Waals surface area contributed by atoms with Crippen molar-refractivity contribution in [3.8, 4) is 0 Å². The minimum Gasteiger partial charge on any atom is -0.308 e. The smallest absolute Gasteiger partial charge is 0.0237 e. The van der Waals surface area contributed by atoms with E-state index < -0.39 is 0 Å². The molecule has 0 saturated carbocycles. The fraction of sp³-hybridized carbons (Fsp3) is 0.545. The second-order valence-corrected chi connectivity index (χ2v) is 8.69. The van der Waals surface area contributed by atoms with Gasteiger partial charge in [0, 0.05) is 37.1 Å². The van der Waals surface area contributed by atoms with E-state index in [1.807, 2.05) is 11.3 Å². The Bertz CT molecular complexity index is 604. The van der Waals surface area contributed by atoms with Gasteiger partial charge in [-0.1, -0.05) is 36.4 Å². The molecule has 2 heterocycles. The molecule has 0 amide bonds. The second-order valence-electron chi connectivity index (χ2n) is 7.66. The van der Waals surface area contributed by atoms with Crippen LogP contribution in [0.25, 0.3) is 0 Å². The van der Waals surface area contributed by atoms with E-state index in [-0.39, 0.29) is 0 Å². The first kappa shape index (κ1) is 19.6. The van der Waals surface area contributed by atoms with Crippen molar-refractivity contribution in [2.45, 2.75) is 31.8 Å². The summed E-state index contributed by atoms with van der Waals surface area (Å²) in [5.41, 5.74) is 1.44. The first-order chi connectivity index (χ1) is 12.7. The van der Waals surface area contributed by atoms with Crippen LogP contribution in [0.15, 0.2) is 47.8 Å². The molecule has 3 nitrogen and oxygen atoms in total. The molecule has 1 saturated heterocycles. The van der Waals surface area contributed by atoms with Crippen LogP contribution in [-0.4, -0.2) is 67.6 Å². The maximum Gasteiger partial charge on any atom is 0.0237 e. The van der Waals surface area contributed by atoms with E-state index in [2.05, 4.69) is 76.6 Å². The van der Waals surface area contributed by atoms with Crippen LogP contribution in [-0.2, 0) is 13.0 Å². The summed E-state index contributed by atoms with van der Waals surface area (Å²) in [7, 11) is 4.35. The molecule has 1 aliphatic heterocycles. The van der Waals surface area contributed by atoms with Gasteiger partial charge in [0.1, 0.15) is 0 Å². The standard InChI is InChI=1S/C22H33N3S/c1-23(2)16-17-25(19-20-7-4-3-5-8-20)21-10-13-24(14-11-21)15-12-22-9-6-18-26-22/h3-9,18,21H,10-17,19H2,1-2H3. The second kappa shape index (κ2) is 10.2. The van der Waals surface area contributed by atoms with E-state index in [9.17, 15) is 0 Å². The van der Waals surface area contributed by atoms with Crippen molar-refractivity contribution in [3.05, 3.63) is 58.3 Å². The van der Waals surface area contributed by atoms with Crippen molar-refractivity contribution in [1.29, 1.82) is 0 Å². The van der Waals surface area contributed by atoms with Crippen molar-refractivity contribution in [1.82, 2.24) is 14.7 Å². The van der Waals surface area contributed by atoms with Crippen LogP contribution >= 0.6 is 11.3 Å². The summed E-state index contributed by atoms with van der Waals surface area (Å²) in [5.74, 6) is 0. The van der Waals surface area contributed by atoms with Crippen LogP contribution < -0.4 is 0 Å². The molecule has 0 atom stereocenters. The van der Waals surface area contributed by atoms with Gasteiger partial charge in [0.25, 0.3) is 0 Å². The summed E-state index contributed by atoms with van der Waals surface area (Å²) >= 11 is 1.89. The third-order valence-electron chi connectivity index (χ3n) is 5.39. The zero-order valence-electron chi connectivity index (χ0n) is 16.3. The van der Waals surface area contributed by atoms with E-state index in [0.29, 0.717) is 6.04 Å². The van der Waals surface area contributed by atoms with Crippen molar-refractivity contribution >= 4 is 11.3 Å². The highest BCUT2D eigenvalue weighted by atomic mass is 32.1. The largest absolute Gasteiger partial charge is 0.308 e. The lowest BCUT2D eigenvalue weighted by atomic mass is 10.0. The highest BCUT2D eigenvalue weighted by Crippen LogP contribution is 2.20. The molecule has 2 aromatic rings.